The number of Topliss-reactive ketones (excluding diaryl/α,β-unsaturated/α-hetero) is 3. The second-order valence-electron chi connectivity index (χ2n) is 13.1. The van der Waals surface area contributed by atoms with Crippen molar-refractivity contribution < 1.29 is 24.2 Å². The van der Waals surface area contributed by atoms with Gasteiger partial charge in [0.05, 0.1) is 11.0 Å². The molecule has 1 heterocycles. The Kier molecular flexibility index (Phi) is 7.01. The molecule has 204 valence electrons. The first-order chi connectivity index (χ1) is 17.6. The van der Waals surface area contributed by atoms with Crippen LogP contribution in [0.3, 0.4) is 0 Å². The second-order valence-corrected chi connectivity index (χ2v) is 13.1. The lowest BCUT2D eigenvalue weighted by molar-refractivity contribution is -0.166. The number of allylic oxidation sites excluding steroid dienone is 5. The van der Waals surface area contributed by atoms with E-state index in [1.807, 2.05) is 53.7 Å². The van der Waals surface area contributed by atoms with Gasteiger partial charge >= 0.3 is 0 Å². The smallest absolute Gasteiger partial charge is 0.184 e. The van der Waals surface area contributed by atoms with E-state index in [1.54, 1.807) is 38.1 Å². The molecule has 2 bridgehead atoms. The number of benzene rings is 1. The molecule has 3 aliphatic rings. The number of fused-ring (bicyclic) bond motifs is 3. The topological polar surface area (TPSA) is 80.7 Å². The molecule has 4 rings (SSSR count). The molecular formula is C33H42O5. The minimum absolute atomic E-state index is 0.129. The van der Waals surface area contributed by atoms with Gasteiger partial charge in [0.15, 0.2) is 22.8 Å². The second kappa shape index (κ2) is 9.44. The summed E-state index contributed by atoms with van der Waals surface area (Å²) >= 11 is 0. The minimum atomic E-state index is -1.88. The van der Waals surface area contributed by atoms with Crippen LogP contribution in [0.25, 0.3) is 0 Å². The van der Waals surface area contributed by atoms with Gasteiger partial charge in [-0.3, -0.25) is 14.4 Å². The molecule has 1 aromatic carbocycles. The Morgan fingerprint density at radius 3 is 2.21 bits per heavy atom. The van der Waals surface area contributed by atoms with Crippen LogP contribution in [-0.4, -0.2) is 34.2 Å². The molecule has 1 aromatic rings. The van der Waals surface area contributed by atoms with Crippen molar-refractivity contribution in [1.82, 2.24) is 0 Å². The Labute approximate surface area is 227 Å². The van der Waals surface area contributed by atoms with Gasteiger partial charge in [-0.2, -0.15) is 0 Å². The average molecular weight is 519 g/mol. The summed E-state index contributed by atoms with van der Waals surface area (Å²) in [7, 11) is 0. The number of ether oxygens (including phenoxy) is 1. The van der Waals surface area contributed by atoms with E-state index < -0.39 is 39.5 Å². The molecule has 5 heteroatoms. The Hall–Kier alpha value is -2.79. The SMILES string of the molecule is CC(C)=CC[C@@H]1C[C@@]2(CC=C(C)C)C(=O)[C@@](C(=O)c3ccccc3)(C(=O)C3=C2OC(C(C)(C)O)C3)C1(C)C. The number of aliphatic hydroxyl groups is 1. The van der Waals surface area contributed by atoms with E-state index >= 15 is 4.79 Å². The Morgan fingerprint density at radius 2 is 1.66 bits per heavy atom. The third kappa shape index (κ3) is 4.05. The maximum atomic E-state index is 15.0. The van der Waals surface area contributed by atoms with Crippen LogP contribution in [-0.2, 0) is 14.3 Å². The quantitative estimate of drug-likeness (QED) is 0.251. The van der Waals surface area contributed by atoms with Gasteiger partial charge in [0, 0.05) is 17.6 Å². The van der Waals surface area contributed by atoms with Crippen LogP contribution in [0.4, 0.5) is 0 Å². The van der Waals surface area contributed by atoms with Gasteiger partial charge in [0.25, 0.3) is 0 Å². The number of hydrogen-bond acceptors (Lipinski definition) is 5. The average Bonchev–Trinajstić information content (AvgIpc) is 3.30. The van der Waals surface area contributed by atoms with Gasteiger partial charge < -0.3 is 9.84 Å². The maximum absolute atomic E-state index is 15.0. The first-order valence-corrected chi connectivity index (χ1v) is 13.7. The predicted molar refractivity (Wildman–Crippen MR) is 148 cm³/mol. The highest BCUT2D eigenvalue weighted by Gasteiger charge is 2.76. The lowest BCUT2D eigenvalue weighted by Gasteiger charge is -2.59. The molecule has 38 heavy (non-hydrogen) atoms. The largest absolute Gasteiger partial charge is 0.490 e. The number of rotatable bonds is 7. The molecule has 0 aromatic heterocycles. The van der Waals surface area contributed by atoms with Crippen LogP contribution >= 0.6 is 0 Å². The highest BCUT2D eigenvalue weighted by molar-refractivity contribution is 6.36. The third-order valence-corrected chi connectivity index (χ3v) is 9.16. The maximum Gasteiger partial charge on any atom is 0.184 e. The standard InChI is InChI=1S/C33H42O5/c1-20(2)14-15-23-19-32(17-16-21(3)4)28-24(18-25(38-28)31(7,8)37)27(35)33(29(32)36,30(23,5)6)26(34)22-12-10-9-11-13-22/h9-14,16,23,25,37H,15,17-19H2,1-8H3/t23-,25?,32-,33-/m1/s1. The summed E-state index contributed by atoms with van der Waals surface area (Å²) in [6.07, 6.45) is 5.14. The van der Waals surface area contributed by atoms with Gasteiger partial charge in [-0.05, 0) is 72.1 Å². The van der Waals surface area contributed by atoms with E-state index in [2.05, 4.69) is 6.08 Å². The fraction of sp³-hybridized carbons (Fsp3) is 0.545. The summed E-state index contributed by atoms with van der Waals surface area (Å²) in [5.41, 5.74) is -2.23. The van der Waals surface area contributed by atoms with Crippen LogP contribution in [0.15, 0.2) is 65.0 Å². The van der Waals surface area contributed by atoms with Crippen LogP contribution in [0.5, 0.6) is 0 Å². The number of hydrogen-bond donors (Lipinski definition) is 1. The van der Waals surface area contributed by atoms with Crippen molar-refractivity contribution in [2.45, 2.75) is 92.8 Å². The zero-order chi connectivity index (χ0) is 28.3. The van der Waals surface area contributed by atoms with Crippen molar-refractivity contribution in [2.75, 3.05) is 0 Å². The van der Waals surface area contributed by atoms with Crippen molar-refractivity contribution in [3.8, 4) is 0 Å². The normalized spacial score (nSPS) is 29.9. The summed E-state index contributed by atoms with van der Waals surface area (Å²) in [6, 6.07) is 8.74. The summed E-state index contributed by atoms with van der Waals surface area (Å²) in [6.45, 7) is 15.2. The van der Waals surface area contributed by atoms with E-state index in [1.165, 1.54) is 0 Å². The van der Waals surface area contributed by atoms with E-state index in [0.717, 1.165) is 11.1 Å². The van der Waals surface area contributed by atoms with Gasteiger partial charge in [-0.1, -0.05) is 67.5 Å². The lowest BCUT2D eigenvalue weighted by atomic mass is 9.39. The number of ketones is 3. The zero-order valence-corrected chi connectivity index (χ0v) is 24.1. The molecule has 1 aliphatic heterocycles. The summed E-state index contributed by atoms with van der Waals surface area (Å²) < 4.78 is 6.40. The van der Waals surface area contributed by atoms with Gasteiger partial charge in [-0.15, -0.1) is 0 Å². The Morgan fingerprint density at radius 1 is 1.05 bits per heavy atom. The van der Waals surface area contributed by atoms with Crippen LogP contribution in [0, 0.1) is 22.2 Å². The summed E-state index contributed by atoms with van der Waals surface area (Å²) in [5.74, 6) is -0.977. The van der Waals surface area contributed by atoms with Crippen molar-refractivity contribution in [3.05, 3.63) is 70.5 Å². The molecule has 2 aliphatic carbocycles. The first-order valence-electron chi connectivity index (χ1n) is 13.7. The van der Waals surface area contributed by atoms with Crippen molar-refractivity contribution in [3.63, 3.8) is 0 Å². The number of carbonyl (C=O) groups excluding carboxylic acids is 3. The van der Waals surface area contributed by atoms with Gasteiger partial charge in [-0.25, -0.2) is 0 Å². The molecule has 0 amide bonds. The van der Waals surface area contributed by atoms with E-state index in [4.69, 9.17) is 4.74 Å². The molecule has 1 saturated carbocycles. The van der Waals surface area contributed by atoms with Gasteiger partial charge in [0.2, 0.25) is 0 Å². The van der Waals surface area contributed by atoms with Crippen LogP contribution in [0.2, 0.25) is 0 Å². The fourth-order valence-electron chi connectivity index (χ4n) is 6.78. The zero-order valence-electron chi connectivity index (χ0n) is 24.1. The van der Waals surface area contributed by atoms with Crippen molar-refractivity contribution >= 4 is 17.3 Å². The van der Waals surface area contributed by atoms with Crippen molar-refractivity contribution in [2.24, 2.45) is 22.2 Å². The molecule has 0 saturated heterocycles. The Bertz CT molecular complexity index is 1250. The summed E-state index contributed by atoms with van der Waals surface area (Å²) in [5, 5.41) is 10.9. The van der Waals surface area contributed by atoms with E-state index in [9.17, 15) is 14.7 Å². The molecular weight excluding hydrogens is 476 g/mol. The molecule has 5 nitrogen and oxygen atoms in total. The van der Waals surface area contributed by atoms with Crippen LogP contribution < -0.4 is 0 Å². The predicted octanol–water partition coefficient (Wildman–Crippen LogP) is 6.57. The number of carbonyl (C=O) groups is 3. The molecule has 0 spiro atoms. The van der Waals surface area contributed by atoms with Crippen LogP contribution in [0.1, 0.15) is 91.4 Å². The monoisotopic (exact) mass is 518 g/mol. The summed E-state index contributed by atoms with van der Waals surface area (Å²) in [4.78, 5) is 44.4. The van der Waals surface area contributed by atoms with Crippen molar-refractivity contribution in [1.29, 1.82) is 0 Å². The Balaban J connectivity index is 2.06. The molecule has 0 radical (unpaired) electrons. The lowest BCUT2D eigenvalue weighted by Crippen LogP contribution is -2.69. The molecule has 1 fully saturated rings. The third-order valence-electron chi connectivity index (χ3n) is 9.16. The highest BCUT2D eigenvalue weighted by atomic mass is 16.5. The minimum Gasteiger partial charge on any atom is -0.490 e. The molecule has 4 atom stereocenters. The van der Waals surface area contributed by atoms with E-state index in [0.29, 0.717) is 36.2 Å². The van der Waals surface area contributed by atoms with Gasteiger partial charge in [0.1, 0.15) is 11.9 Å². The highest BCUT2D eigenvalue weighted by Crippen LogP contribution is 2.67. The first kappa shape index (κ1) is 28.2. The fourth-order valence-corrected chi connectivity index (χ4v) is 6.78. The molecule has 1 unspecified atom stereocenters. The molecule has 1 N–H and O–H groups in total. The van der Waals surface area contributed by atoms with E-state index in [-0.39, 0.29) is 18.1 Å².